The minimum atomic E-state index is -1.05. The predicted molar refractivity (Wildman–Crippen MR) is 70.4 cm³/mol. The van der Waals surface area contributed by atoms with E-state index in [4.69, 9.17) is 9.84 Å². The lowest BCUT2D eigenvalue weighted by atomic mass is 10.0. The number of hydrogen-bond acceptors (Lipinski definition) is 5. The molecule has 1 unspecified atom stereocenters. The van der Waals surface area contributed by atoms with Gasteiger partial charge in [-0.25, -0.2) is 14.8 Å². The second-order valence-electron chi connectivity index (χ2n) is 5.10. The minimum Gasteiger partial charge on any atom is -0.476 e. The third-order valence-electron chi connectivity index (χ3n) is 3.05. The van der Waals surface area contributed by atoms with Gasteiger partial charge in [0.25, 0.3) is 0 Å². The van der Waals surface area contributed by atoms with Crippen molar-refractivity contribution < 1.29 is 14.6 Å². The van der Waals surface area contributed by atoms with Crippen LogP contribution in [0, 0.1) is 5.92 Å². The highest BCUT2D eigenvalue weighted by Crippen LogP contribution is 2.21. The molecule has 2 heterocycles. The molecule has 1 fully saturated rings. The normalized spacial score (nSPS) is 19.7. The van der Waals surface area contributed by atoms with Crippen LogP contribution in [0.4, 0.5) is 5.82 Å². The van der Waals surface area contributed by atoms with Crippen LogP contribution < -0.4 is 4.90 Å². The standard InChI is InChI=1S/C13H19N3O3/c1-9(2)7-10-8-16(5-6-19-10)12-11(13(17)18)14-3-4-15-12/h3-4,9-10H,5-8H2,1-2H3,(H,17,18). The smallest absolute Gasteiger partial charge is 0.358 e. The van der Waals surface area contributed by atoms with Crippen LogP contribution >= 0.6 is 0 Å². The number of aromatic carboxylic acids is 1. The van der Waals surface area contributed by atoms with E-state index in [-0.39, 0.29) is 11.8 Å². The maximum absolute atomic E-state index is 11.2. The topological polar surface area (TPSA) is 75.6 Å². The van der Waals surface area contributed by atoms with Gasteiger partial charge in [-0.2, -0.15) is 0 Å². The molecule has 6 nitrogen and oxygen atoms in total. The summed E-state index contributed by atoms with van der Waals surface area (Å²) < 4.78 is 5.70. The van der Waals surface area contributed by atoms with Crippen LogP contribution in [-0.2, 0) is 4.74 Å². The highest BCUT2D eigenvalue weighted by molar-refractivity contribution is 5.90. The predicted octanol–water partition coefficient (Wildman–Crippen LogP) is 1.43. The molecule has 1 N–H and O–H groups in total. The summed E-state index contributed by atoms with van der Waals surface area (Å²) in [5.41, 5.74) is 0.00713. The fourth-order valence-electron chi connectivity index (χ4n) is 2.29. The molecule has 0 radical (unpaired) electrons. The first-order chi connectivity index (χ1) is 9.08. The first-order valence-electron chi connectivity index (χ1n) is 6.48. The van der Waals surface area contributed by atoms with Gasteiger partial charge in [-0.05, 0) is 12.3 Å². The summed E-state index contributed by atoms with van der Waals surface area (Å²) in [6.07, 6.45) is 4.00. The molecule has 0 spiro atoms. The van der Waals surface area contributed by atoms with E-state index in [0.717, 1.165) is 6.42 Å². The fourth-order valence-corrected chi connectivity index (χ4v) is 2.29. The molecular weight excluding hydrogens is 246 g/mol. The molecule has 0 bridgehead atoms. The minimum absolute atomic E-state index is 0.00713. The lowest BCUT2D eigenvalue weighted by Crippen LogP contribution is -2.44. The third-order valence-corrected chi connectivity index (χ3v) is 3.05. The Hall–Kier alpha value is -1.69. The largest absolute Gasteiger partial charge is 0.476 e. The van der Waals surface area contributed by atoms with Gasteiger partial charge in [0.2, 0.25) is 0 Å². The monoisotopic (exact) mass is 265 g/mol. The average molecular weight is 265 g/mol. The highest BCUT2D eigenvalue weighted by Gasteiger charge is 2.26. The molecule has 1 aromatic heterocycles. The van der Waals surface area contributed by atoms with E-state index < -0.39 is 5.97 Å². The molecular formula is C13H19N3O3. The quantitative estimate of drug-likeness (QED) is 0.887. The first kappa shape index (κ1) is 13.7. The molecule has 104 valence electrons. The number of carboxylic acids is 1. The highest BCUT2D eigenvalue weighted by atomic mass is 16.5. The van der Waals surface area contributed by atoms with E-state index in [9.17, 15) is 4.79 Å². The van der Waals surface area contributed by atoms with Gasteiger partial charge >= 0.3 is 5.97 Å². The summed E-state index contributed by atoms with van der Waals surface area (Å²) in [6.45, 7) is 6.19. The summed E-state index contributed by atoms with van der Waals surface area (Å²) >= 11 is 0. The Morgan fingerprint density at radius 1 is 1.53 bits per heavy atom. The van der Waals surface area contributed by atoms with E-state index in [0.29, 0.717) is 31.4 Å². The van der Waals surface area contributed by atoms with Crippen molar-refractivity contribution in [3.05, 3.63) is 18.1 Å². The molecule has 1 aliphatic rings. The number of hydrogen-bond donors (Lipinski definition) is 1. The Bertz CT molecular complexity index is 451. The van der Waals surface area contributed by atoms with Crippen molar-refractivity contribution in [1.82, 2.24) is 9.97 Å². The number of carbonyl (C=O) groups is 1. The summed E-state index contributed by atoms with van der Waals surface area (Å²) in [5.74, 6) is -0.0622. The molecule has 1 saturated heterocycles. The summed E-state index contributed by atoms with van der Waals surface area (Å²) in [5, 5.41) is 9.15. The number of rotatable bonds is 4. The van der Waals surface area contributed by atoms with Gasteiger partial charge in [-0.3, -0.25) is 0 Å². The van der Waals surface area contributed by atoms with Gasteiger partial charge in [0.15, 0.2) is 11.5 Å². The van der Waals surface area contributed by atoms with Crippen LogP contribution in [0.5, 0.6) is 0 Å². The zero-order valence-electron chi connectivity index (χ0n) is 11.2. The molecule has 1 aromatic rings. The molecule has 19 heavy (non-hydrogen) atoms. The summed E-state index contributed by atoms with van der Waals surface area (Å²) in [7, 11) is 0. The van der Waals surface area contributed by atoms with E-state index in [1.54, 1.807) is 0 Å². The van der Waals surface area contributed by atoms with E-state index in [2.05, 4.69) is 23.8 Å². The van der Waals surface area contributed by atoms with Gasteiger partial charge in [-0.15, -0.1) is 0 Å². The number of aromatic nitrogens is 2. The number of morpholine rings is 1. The van der Waals surface area contributed by atoms with Crippen LogP contribution in [-0.4, -0.2) is 46.8 Å². The molecule has 6 heteroatoms. The zero-order chi connectivity index (χ0) is 13.8. The first-order valence-corrected chi connectivity index (χ1v) is 6.48. The van der Waals surface area contributed by atoms with Crippen molar-refractivity contribution in [3.63, 3.8) is 0 Å². The SMILES string of the molecule is CC(C)CC1CN(c2nccnc2C(=O)O)CCO1. The number of ether oxygens (including phenoxy) is 1. The molecule has 0 amide bonds. The molecule has 1 aliphatic heterocycles. The number of nitrogens with zero attached hydrogens (tertiary/aromatic N) is 3. The van der Waals surface area contributed by atoms with E-state index in [1.807, 2.05) is 4.90 Å². The van der Waals surface area contributed by atoms with Crippen LogP contribution in [0.25, 0.3) is 0 Å². The molecule has 2 rings (SSSR count). The lowest BCUT2D eigenvalue weighted by molar-refractivity contribution is 0.0271. The van der Waals surface area contributed by atoms with E-state index >= 15 is 0 Å². The molecule has 0 aliphatic carbocycles. The third kappa shape index (κ3) is 3.41. The van der Waals surface area contributed by atoms with Gasteiger partial charge in [0.1, 0.15) is 0 Å². The van der Waals surface area contributed by atoms with Gasteiger partial charge in [-0.1, -0.05) is 13.8 Å². The second kappa shape index (κ2) is 5.97. The fraction of sp³-hybridized carbons (Fsp3) is 0.615. The van der Waals surface area contributed by atoms with E-state index in [1.165, 1.54) is 12.4 Å². The Labute approximate surface area is 112 Å². The van der Waals surface area contributed by atoms with Crippen molar-refractivity contribution >= 4 is 11.8 Å². The van der Waals surface area contributed by atoms with Crippen LogP contribution in [0.1, 0.15) is 30.8 Å². The Morgan fingerprint density at radius 3 is 2.95 bits per heavy atom. The van der Waals surface area contributed by atoms with Gasteiger partial charge in [0.05, 0.1) is 12.7 Å². The molecule has 0 saturated carbocycles. The van der Waals surface area contributed by atoms with Crippen LogP contribution in [0.15, 0.2) is 12.4 Å². The van der Waals surface area contributed by atoms with Crippen molar-refractivity contribution in [2.45, 2.75) is 26.4 Å². The maximum atomic E-state index is 11.2. The van der Waals surface area contributed by atoms with Gasteiger partial charge in [0, 0.05) is 25.5 Å². The maximum Gasteiger partial charge on any atom is 0.358 e. The van der Waals surface area contributed by atoms with Crippen molar-refractivity contribution in [2.24, 2.45) is 5.92 Å². The van der Waals surface area contributed by atoms with Crippen LogP contribution in [0.3, 0.4) is 0 Å². The van der Waals surface area contributed by atoms with Crippen molar-refractivity contribution in [2.75, 3.05) is 24.6 Å². The Balaban J connectivity index is 2.15. The Kier molecular flexibility index (Phi) is 4.31. The summed E-state index contributed by atoms with van der Waals surface area (Å²) in [4.78, 5) is 21.2. The second-order valence-corrected chi connectivity index (χ2v) is 5.10. The lowest BCUT2D eigenvalue weighted by Gasteiger charge is -2.34. The summed E-state index contributed by atoms with van der Waals surface area (Å²) in [6, 6.07) is 0. The van der Waals surface area contributed by atoms with Crippen molar-refractivity contribution in [3.8, 4) is 0 Å². The number of carboxylic acid groups (broad SMARTS) is 1. The van der Waals surface area contributed by atoms with Crippen molar-refractivity contribution in [1.29, 1.82) is 0 Å². The molecule has 1 atom stereocenters. The zero-order valence-corrected chi connectivity index (χ0v) is 11.2. The average Bonchev–Trinajstić information content (AvgIpc) is 2.38. The van der Waals surface area contributed by atoms with Crippen LogP contribution in [0.2, 0.25) is 0 Å². The molecule has 0 aromatic carbocycles. The Morgan fingerprint density at radius 2 is 2.26 bits per heavy atom. The van der Waals surface area contributed by atoms with Gasteiger partial charge < -0.3 is 14.7 Å². The number of anilines is 1.